The molecule has 2 atom stereocenters. The molecule has 0 aliphatic rings. The number of alkyl halides is 2. The Balaban J connectivity index is 2.92. The fourth-order valence-electron chi connectivity index (χ4n) is 2.03. The van der Waals surface area contributed by atoms with Crippen LogP contribution in [0.2, 0.25) is 0 Å². The van der Waals surface area contributed by atoms with Gasteiger partial charge in [-0.05, 0) is 26.0 Å². The van der Waals surface area contributed by atoms with Crippen LogP contribution in [0.4, 0.5) is 8.78 Å². The number of nitrogens with zero attached hydrogens (tertiary/aromatic N) is 1. The van der Waals surface area contributed by atoms with Gasteiger partial charge < -0.3 is 15.3 Å². The number of hydrogen-bond donors (Lipinski definition) is 2. The number of nitrogens with two attached hydrogens (primary N) is 1. The van der Waals surface area contributed by atoms with Crippen molar-refractivity contribution >= 4 is 0 Å². The maximum absolute atomic E-state index is 12.6. The first-order valence-electron chi connectivity index (χ1n) is 5.90. The van der Waals surface area contributed by atoms with E-state index >= 15 is 0 Å². The first kappa shape index (κ1) is 15.1. The monoisotopic (exact) mass is 262 g/mol. The number of aryl methyl sites for hydroxylation is 1. The zero-order chi connectivity index (χ0) is 13.7. The number of furan rings is 1. The summed E-state index contributed by atoms with van der Waals surface area (Å²) in [6.07, 6.45) is -2.48. The van der Waals surface area contributed by atoms with Crippen molar-refractivity contribution in [1.82, 2.24) is 4.90 Å². The Morgan fingerprint density at radius 1 is 1.44 bits per heavy atom. The molecule has 0 saturated heterocycles. The van der Waals surface area contributed by atoms with E-state index in [1.165, 1.54) is 4.90 Å². The Hall–Kier alpha value is -0.980. The average Bonchev–Trinajstić information content (AvgIpc) is 2.63. The van der Waals surface area contributed by atoms with Crippen LogP contribution >= 0.6 is 0 Å². The van der Waals surface area contributed by atoms with Gasteiger partial charge in [-0.1, -0.05) is 0 Å². The van der Waals surface area contributed by atoms with Crippen molar-refractivity contribution in [1.29, 1.82) is 0 Å². The number of rotatable bonds is 7. The predicted octanol–water partition coefficient (Wildman–Crippen LogP) is 1.54. The van der Waals surface area contributed by atoms with Gasteiger partial charge in [-0.25, -0.2) is 8.78 Å². The molecular formula is C12H20F2N2O2. The van der Waals surface area contributed by atoms with Crippen molar-refractivity contribution in [2.75, 3.05) is 19.7 Å². The van der Waals surface area contributed by atoms with Crippen molar-refractivity contribution in [3.63, 3.8) is 0 Å². The molecule has 0 saturated carbocycles. The van der Waals surface area contributed by atoms with Gasteiger partial charge in [0, 0.05) is 12.6 Å². The van der Waals surface area contributed by atoms with E-state index < -0.39 is 19.0 Å². The molecule has 0 aliphatic carbocycles. The third kappa shape index (κ3) is 4.04. The van der Waals surface area contributed by atoms with Crippen LogP contribution in [-0.4, -0.2) is 42.2 Å². The van der Waals surface area contributed by atoms with Crippen LogP contribution in [0.15, 0.2) is 16.5 Å². The molecule has 0 radical (unpaired) electrons. The van der Waals surface area contributed by atoms with Gasteiger partial charge in [0.25, 0.3) is 6.43 Å². The molecule has 0 fully saturated rings. The second kappa shape index (κ2) is 6.82. The number of halogens is 2. The Morgan fingerprint density at radius 3 is 2.50 bits per heavy atom. The van der Waals surface area contributed by atoms with Crippen LogP contribution in [0.1, 0.15) is 24.5 Å². The normalized spacial score (nSPS) is 15.3. The summed E-state index contributed by atoms with van der Waals surface area (Å²) in [6.45, 7) is 3.02. The minimum atomic E-state index is -2.48. The fourth-order valence-corrected chi connectivity index (χ4v) is 2.03. The molecule has 1 rings (SSSR count). The highest BCUT2D eigenvalue weighted by atomic mass is 19.3. The zero-order valence-corrected chi connectivity index (χ0v) is 10.6. The smallest absolute Gasteiger partial charge is 0.251 e. The van der Waals surface area contributed by atoms with Gasteiger partial charge in [0.05, 0.1) is 19.2 Å². The Morgan fingerprint density at radius 2 is 2.11 bits per heavy atom. The van der Waals surface area contributed by atoms with E-state index in [9.17, 15) is 8.78 Å². The molecule has 1 aromatic heterocycles. The summed E-state index contributed by atoms with van der Waals surface area (Å²) in [5.41, 5.74) is 5.86. The average molecular weight is 262 g/mol. The maximum Gasteiger partial charge on any atom is 0.251 e. The molecule has 18 heavy (non-hydrogen) atoms. The maximum atomic E-state index is 12.6. The molecule has 1 heterocycles. The van der Waals surface area contributed by atoms with Gasteiger partial charge >= 0.3 is 0 Å². The van der Waals surface area contributed by atoms with E-state index in [0.717, 1.165) is 0 Å². The minimum absolute atomic E-state index is 0.135. The number of hydrogen-bond acceptors (Lipinski definition) is 4. The van der Waals surface area contributed by atoms with Crippen molar-refractivity contribution in [3.8, 4) is 0 Å². The van der Waals surface area contributed by atoms with Crippen molar-refractivity contribution < 1.29 is 18.3 Å². The molecule has 0 spiro atoms. The summed E-state index contributed by atoms with van der Waals surface area (Å²) in [5, 5.41) is 8.97. The highest BCUT2D eigenvalue weighted by Crippen LogP contribution is 2.25. The van der Waals surface area contributed by atoms with Crippen LogP contribution < -0.4 is 5.73 Å². The Labute approximate surface area is 105 Å². The lowest BCUT2D eigenvalue weighted by molar-refractivity contribution is 0.0423. The standard InChI is InChI=1S/C12H20F2N2O2/c1-8-3-4-10(18-8)12(9(2)15)16(5-6-17)7-11(13)14/h3-4,9,11-12,17H,5-7,15H2,1-2H3. The molecule has 4 nitrogen and oxygen atoms in total. The quantitative estimate of drug-likeness (QED) is 0.782. The molecule has 0 aliphatic heterocycles. The molecule has 0 bridgehead atoms. The summed E-state index contributed by atoms with van der Waals surface area (Å²) in [7, 11) is 0. The molecule has 1 aromatic rings. The van der Waals surface area contributed by atoms with Crippen molar-refractivity contribution in [3.05, 3.63) is 23.7 Å². The number of aliphatic hydroxyl groups is 1. The van der Waals surface area contributed by atoms with E-state index in [2.05, 4.69) is 0 Å². The molecule has 3 N–H and O–H groups in total. The van der Waals surface area contributed by atoms with Gasteiger partial charge in [0.1, 0.15) is 11.5 Å². The first-order chi connectivity index (χ1) is 8.45. The third-order valence-corrected chi connectivity index (χ3v) is 2.70. The van der Waals surface area contributed by atoms with Gasteiger partial charge in [-0.2, -0.15) is 0 Å². The third-order valence-electron chi connectivity index (χ3n) is 2.70. The topological polar surface area (TPSA) is 62.6 Å². The molecule has 0 amide bonds. The summed E-state index contributed by atoms with van der Waals surface area (Å²) in [5.74, 6) is 1.26. The van der Waals surface area contributed by atoms with E-state index in [0.29, 0.717) is 11.5 Å². The van der Waals surface area contributed by atoms with Gasteiger partial charge in [0.15, 0.2) is 0 Å². The van der Waals surface area contributed by atoms with Gasteiger partial charge in [0.2, 0.25) is 0 Å². The first-order valence-corrected chi connectivity index (χ1v) is 5.90. The van der Waals surface area contributed by atoms with Crippen LogP contribution in [0.3, 0.4) is 0 Å². The lowest BCUT2D eigenvalue weighted by atomic mass is 10.1. The molecule has 6 heteroatoms. The van der Waals surface area contributed by atoms with Crippen LogP contribution in [0.5, 0.6) is 0 Å². The van der Waals surface area contributed by atoms with E-state index in [4.69, 9.17) is 15.3 Å². The minimum Gasteiger partial charge on any atom is -0.465 e. The lowest BCUT2D eigenvalue weighted by Crippen LogP contribution is -2.43. The van der Waals surface area contributed by atoms with E-state index in [-0.39, 0.29) is 19.2 Å². The van der Waals surface area contributed by atoms with E-state index in [1.54, 1.807) is 26.0 Å². The van der Waals surface area contributed by atoms with Gasteiger partial charge in [-0.3, -0.25) is 4.90 Å². The molecular weight excluding hydrogens is 242 g/mol. The SMILES string of the molecule is Cc1ccc(C(C(C)N)N(CCO)CC(F)F)o1. The summed E-state index contributed by atoms with van der Waals surface area (Å²) in [6, 6.07) is 2.67. The molecule has 0 aromatic carbocycles. The van der Waals surface area contributed by atoms with Gasteiger partial charge in [-0.15, -0.1) is 0 Å². The van der Waals surface area contributed by atoms with Crippen LogP contribution in [-0.2, 0) is 0 Å². The fraction of sp³-hybridized carbons (Fsp3) is 0.667. The lowest BCUT2D eigenvalue weighted by Gasteiger charge is -2.32. The second-order valence-corrected chi connectivity index (χ2v) is 4.36. The second-order valence-electron chi connectivity index (χ2n) is 4.36. The number of aliphatic hydroxyl groups excluding tert-OH is 1. The van der Waals surface area contributed by atoms with Crippen LogP contribution in [0.25, 0.3) is 0 Å². The Bertz CT molecular complexity index is 356. The summed E-state index contributed by atoms with van der Waals surface area (Å²) in [4.78, 5) is 1.45. The van der Waals surface area contributed by atoms with E-state index in [1.807, 2.05) is 0 Å². The Kier molecular flexibility index (Phi) is 5.71. The predicted molar refractivity (Wildman–Crippen MR) is 64.5 cm³/mol. The zero-order valence-electron chi connectivity index (χ0n) is 10.6. The van der Waals surface area contributed by atoms with Crippen LogP contribution in [0, 0.1) is 6.92 Å². The summed E-state index contributed by atoms with van der Waals surface area (Å²) < 4.78 is 30.6. The molecule has 104 valence electrons. The highest BCUT2D eigenvalue weighted by molar-refractivity contribution is 5.12. The summed E-state index contributed by atoms with van der Waals surface area (Å²) >= 11 is 0. The highest BCUT2D eigenvalue weighted by Gasteiger charge is 2.28. The van der Waals surface area contributed by atoms with Crippen molar-refractivity contribution in [2.45, 2.75) is 32.4 Å². The largest absolute Gasteiger partial charge is 0.465 e. The molecule has 2 unspecified atom stereocenters. The van der Waals surface area contributed by atoms with Crippen molar-refractivity contribution in [2.24, 2.45) is 5.73 Å².